The zero-order valence-electron chi connectivity index (χ0n) is 11.0. The highest BCUT2D eigenvalue weighted by atomic mass is 32.2. The van der Waals surface area contributed by atoms with Crippen LogP contribution in [0.5, 0.6) is 0 Å². The molecule has 3 rings (SSSR count). The minimum absolute atomic E-state index is 0.707. The summed E-state index contributed by atoms with van der Waals surface area (Å²) in [4.78, 5) is 0. The third-order valence-electron chi connectivity index (χ3n) is 3.59. The van der Waals surface area contributed by atoms with Crippen LogP contribution >= 0.6 is 11.8 Å². The first-order valence-electron chi connectivity index (χ1n) is 6.87. The van der Waals surface area contributed by atoms with Gasteiger partial charge in [0.05, 0.1) is 0 Å². The Bertz CT molecular complexity index is 501. The highest BCUT2D eigenvalue weighted by Gasteiger charge is 2.14. The molecule has 19 heavy (non-hydrogen) atoms. The molecule has 2 aromatic carbocycles. The molecule has 1 N–H and O–H groups in total. The molecule has 2 aromatic rings. The van der Waals surface area contributed by atoms with E-state index in [0.717, 1.165) is 6.54 Å². The summed E-state index contributed by atoms with van der Waals surface area (Å²) in [6.07, 6.45) is 1.31. The monoisotopic (exact) mass is 269 g/mol. The highest BCUT2D eigenvalue weighted by molar-refractivity contribution is 7.99. The second-order valence-electron chi connectivity index (χ2n) is 5.00. The van der Waals surface area contributed by atoms with Crippen molar-refractivity contribution in [1.29, 1.82) is 0 Å². The van der Waals surface area contributed by atoms with Crippen LogP contribution in [-0.2, 0) is 6.54 Å². The van der Waals surface area contributed by atoms with Crippen LogP contribution in [0.4, 0.5) is 0 Å². The molecule has 1 aliphatic heterocycles. The Labute approximate surface area is 119 Å². The van der Waals surface area contributed by atoms with Gasteiger partial charge < -0.3 is 5.32 Å². The molecule has 0 aromatic heterocycles. The number of benzene rings is 2. The second-order valence-corrected chi connectivity index (χ2v) is 6.15. The molecule has 1 heterocycles. The van der Waals surface area contributed by atoms with Crippen molar-refractivity contribution in [1.82, 2.24) is 5.32 Å². The van der Waals surface area contributed by atoms with Gasteiger partial charge in [0.1, 0.15) is 0 Å². The molecule has 1 fully saturated rings. The summed E-state index contributed by atoms with van der Waals surface area (Å²) in [5.41, 5.74) is 3.95. The summed E-state index contributed by atoms with van der Waals surface area (Å²) in [5.74, 6) is 2.58. The molecule has 0 aliphatic carbocycles. The molecule has 2 heteroatoms. The first-order valence-corrected chi connectivity index (χ1v) is 8.03. The van der Waals surface area contributed by atoms with E-state index in [0.29, 0.717) is 6.04 Å². The third kappa shape index (κ3) is 3.40. The molecule has 98 valence electrons. The van der Waals surface area contributed by atoms with Crippen molar-refractivity contribution in [2.75, 3.05) is 11.5 Å². The van der Waals surface area contributed by atoms with Gasteiger partial charge in [0.25, 0.3) is 0 Å². The zero-order chi connectivity index (χ0) is 12.9. The smallest absolute Gasteiger partial charge is 0.0208 e. The Balaban J connectivity index is 1.62. The molecule has 1 unspecified atom stereocenters. The molecule has 0 saturated carbocycles. The summed E-state index contributed by atoms with van der Waals surface area (Å²) < 4.78 is 0. The van der Waals surface area contributed by atoms with Crippen molar-refractivity contribution in [2.45, 2.75) is 19.0 Å². The summed E-state index contributed by atoms with van der Waals surface area (Å²) >= 11 is 2.05. The van der Waals surface area contributed by atoms with Crippen LogP contribution in [0.3, 0.4) is 0 Å². The topological polar surface area (TPSA) is 12.0 Å². The largest absolute Gasteiger partial charge is 0.309 e. The van der Waals surface area contributed by atoms with E-state index in [9.17, 15) is 0 Å². The molecule has 0 amide bonds. The van der Waals surface area contributed by atoms with E-state index >= 15 is 0 Å². The number of thioether (sulfide) groups is 1. The Hall–Kier alpha value is -1.25. The van der Waals surface area contributed by atoms with Gasteiger partial charge in [-0.05, 0) is 28.9 Å². The summed E-state index contributed by atoms with van der Waals surface area (Å²) in [7, 11) is 0. The maximum atomic E-state index is 3.64. The van der Waals surface area contributed by atoms with Gasteiger partial charge in [-0.3, -0.25) is 0 Å². The van der Waals surface area contributed by atoms with Crippen molar-refractivity contribution in [3.8, 4) is 11.1 Å². The summed E-state index contributed by atoms with van der Waals surface area (Å²) in [6, 6.07) is 20.2. The van der Waals surface area contributed by atoms with Crippen LogP contribution in [0.15, 0.2) is 54.6 Å². The normalized spacial score (nSPS) is 18.6. The van der Waals surface area contributed by atoms with Crippen LogP contribution in [0, 0.1) is 0 Å². The maximum Gasteiger partial charge on any atom is 0.0208 e. The van der Waals surface area contributed by atoms with Crippen LogP contribution in [-0.4, -0.2) is 17.5 Å². The fourth-order valence-electron chi connectivity index (χ4n) is 2.40. The van der Waals surface area contributed by atoms with E-state index in [1.165, 1.54) is 34.6 Å². The Morgan fingerprint density at radius 3 is 2.37 bits per heavy atom. The van der Waals surface area contributed by atoms with E-state index in [1.54, 1.807) is 0 Å². The Morgan fingerprint density at radius 2 is 1.68 bits per heavy atom. The molecule has 0 radical (unpaired) electrons. The lowest BCUT2D eigenvalue weighted by atomic mass is 10.0. The molecule has 0 spiro atoms. The first-order chi connectivity index (χ1) is 9.42. The summed E-state index contributed by atoms with van der Waals surface area (Å²) in [6.45, 7) is 0.986. The average Bonchev–Trinajstić information content (AvgIpc) is 3.00. The third-order valence-corrected chi connectivity index (χ3v) is 4.75. The molecule has 0 bridgehead atoms. The number of rotatable bonds is 4. The van der Waals surface area contributed by atoms with Gasteiger partial charge in [-0.15, -0.1) is 0 Å². The first kappa shape index (κ1) is 12.8. The summed E-state index contributed by atoms with van der Waals surface area (Å²) in [5, 5.41) is 3.64. The maximum absolute atomic E-state index is 3.64. The molecular formula is C17H19NS. The Kier molecular flexibility index (Phi) is 4.21. The van der Waals surface area contributed by atoms with Gasteiger partial charge in [-0.1, -0.05) is 54.6 Å². The van der Waals surface area contributed by atoms with Crippen LogP contribution in [0.1, 0.15) is 12.0 Å². The second kappa shape index (κ2) is 6.27. The van der Waals surface area contributed by atoms with Crippen molar-refractivity contribution >= 4 is 11.8 Å². The number of hydrogen-bond acceptors (Lipinski definition) is 2. The van der Waals surface area contributed by atoms with Gasteiger partial charge >= 0.3 is 0 Å². The molecule has 1 saturated heterocycles. The molecule has 1 atom stereocenters. The van der Waals surface area contributed by atoms with Gasteiger partial charge in [0.15, 0.2) is 0 Å². The predicted octanol–water partition coefficient (Wildman–Crippen LogP) is 3.95. The van der Waals surface area contributed by atoms with Crippen molar-refractivity contribution in [3.63, 3.8) is 0 Å². The minimum Gasteiger partial charge on any atom is -0.309 e. The Morgan fingerprint density at radius 1 is 0.947 bits per heavy atom. The number of hydrogen-bond donors (Lipinski definition) is 1. The van der Waals surface area contributed by atoms with Crippen molar-refractivity contribution < 1.29 is 0 Å². The lowest BCUT2D eigenvalue weighted by molar-refractivity contribution is 0.558. The SMILES string of the molecule is c1ccc(-c2ccc(CNC3CCSC3)cc2)cc1. The predicted molar refractivity (Wildman–Crippen MR) is 84.4 cm³/mol. The van der Waals surface area contributed by atoms with E-state index in [4.69, 9.17) is 0 Å². The minimum atomic E-state index is 0.707. The molecular weight excluding hydrogens is 250 g/mol. The van der Waals surface area contributed by atoms with Gasteiger partial charge in [-0.25, -0.2) is 0 Å². The van der Waals surface area contributed by atoms with Crippen molar-refractivity contribution in [3.05, 3.63) is 60.2 Å². The van der Waals surface area contributed by atoms with E-state index in [-0.39, 0.29) is 0 Å². The standard InChI is InChI=1S/C17H19NS/c1-2-4-15(5-3-1)16-8-6-14(7-9-16)12-18-17-10-11-19-13-17/h1-9,17-18H,10-13H2. The van der Waals surface area contributed by atoms with Crippen LogP contribution in [0.25, 0.3) is 11.1 Å². The van der Waals surface area contributed by atoms with Crippen LogP contribution < -0.4 is 5.32 Å². The quantitative estimate of drug-likeness (QED) is 0.902. The molecule has 1 aliphatic rings. The highest BCUT2D eigenvalue weighted by Crippen LogP contribution is 2.20. The van der Waals surface area contributed by atoms with E-state index in [2.05, 4.69) is 71.7 Å². The zero-order valence-corrected chi connectivity index (χ0v) is 11.8. The average molecular weight is 269 g/mol. The fourth-order valence-corrected chi connectivity index (χ4v) is 3.59. The van der Waals surface area contributed by atoms with Crippen molar-refractivity contribution in [2.24, 2.45) is 0 Å². The van der Waals surface area contributed by atoms with E-state index in [1.807, 2.05) is 0 Å². The van der Waals surface area contributed by atoms with Gasteiger partial charge in [-0.2, -0.15) is 11.8 Å². The molecule has 1 nitrogen and oxygen atoms in total. The van der Waals surface area contributed by atoms with Crippen LogP contribution in [0.2, 0.25) is 0 Å². The van der Waals surface area contributed by atoms with Gasteiger partial charge in [0.2, 0.25) is 0 Å². The lowest BCUT2D eigenvalue weighted by Crippen LogP contribution is -2.27. The van der Waals surface area contributed by atoms with E-state index < -0.39 is 0 Å². The van der Waals surface area contributed by atoms with Gasteiger partial charge in [0, 0.05) is 18.3 Å². The lowest BCUT2D eigenvalue weighted by Gasteiger charge is -2.11. The number of nitrogens with one attached hydrogen (secondary N) is 1. The fraction of sp³-hybridized carbons (Fsp3) is 0.294.